The lowest BCUT2D eigenvalue weighted by molar-refractivity contribution is 0.194. The summed E-state index contributed by atoms with van der Waals surface area (Å²) < 4.78 is 5.02. The molecular formula is C24H46N2O. The molecule has 0 aromatic carbocycles. The molecule has 3 nitrogen and oxygen atoms in total. The van der Waals surface area contributed by atoms with Crippen molar-refractivity contribution in [3.8, 4) is 0 Å². The summed E-state index contributed by atoms with van der Waals surface area (Å²) >= 11 is 0. The van der Waals surface area contributed by atoms with Crippen LogP contribution < -0.4 is 10.6 Å². The van der Waals surface area contributed by atoms with Crippen molar-refractivity contribution < 1.29 is 4.74 Å². The lowest BCUT2D eigenvalue weighted by Gasteiger charge is -2.00. The largest absolute Gasteiger partial charge is 0.394 e. The van der Waals surface area contributed by atoms with Crippen LogP contribution in [0.5, 0.6) is 0 Å². The van der Waals surface area contributed by atoms with Gasteiger partial charge in [-0.3, -0.25) is 0 Å². The fraction of sp³-hybridized carbons (Fsp3) is 0.583. The summed E-state index contributed by atoms with van der Waals surface area (Å²) in [7, 11) is 1.90. The predicted octanol–water partition coefficient (Wildman–Crippen LogP) is 6.53. The average molecular weight is 379 g/mol. The molecule has 0 atom stereocenters. The van der Waals surface area contributed by atoms with Crippen LogP contribution >= 0.6 is 0 Å². The van der Waals surface area contributed by atoms with Gasteiger partial charge in [0, 0.05) is 13.6 Å². The van der Waals surface area contributed by atoms with Crippen LogP contribution in [0.2, 0.25) is 0 Å². The molecule has 0 bridgehead atoms. The summed E-state index contributed by atoms with van der Waals surface area (Å²) in [6.45, 7) is 14.2. The molecule has 2 N–H and O–H groups in total. The molecule has 0 aliphatic heterocycles. The molecule has 3 heteroatoms. The van der Waals surface area contributed by atoms with E-state index in [9.17, 15) is 0 Å². The van der Waals surface area contributed by atoms with Gasteiger partial charge in [-0.15, -0.1) is 6.58 Å². The first-order valence-corrected chi connectivity index (χ1v) is 10.3. The highest BCUT2D eigenvalue weighted by molar-refractivity contribution is 5.00. The number of allylic oxidation sites excluding steroid dienone is 5. The normalized spacial score (nSPS) is 10.7. The van der Waals surface area contributed by atoms with E-state index in [1.807, 2.05) is 76.7 Å². The lowest BCUT2D eigenvalue weighted by atomic mass is 10.1. The third kappa shape index (κ3) is 45.5. The van der Waals surface area contributed by atoms with Gasteiger partial charge in [0.15, 0.2) is 0 Å². The van der Waals surface area contributed by atoms with Crippen molar-refractivity contribution in [1.29, 1.82) is 0 Å². The number of rotatable bonds is 14. The standard InChI is InChI=1S/C13H26N2.C7H12O.C4H8/c1-3-4-5-6-7-8-12-15-13-10-9-11-14-2;1-3-5-7-8-6-4-2;1-3-4-2/h9-11,13-15H,3-8,12H2,1-2H3;3-5H,2,6-7H2,1H3;3-4H,1-2H3/b11-9-,13-10-;;. The van der Waals surface area contributed by atoms with Crippen molar-refractivity contribution in [2.45, 2.75) is 66.2 Å². The Bertz CT molecular complexity index is 353. The monoisotopic (exact) mass is 378 g/mol. The Kier molecular flexibility index (Phi) is 39.3. The molecule has 0 amide bonds. The first-order chi connectivity index (χ1) is 13.2. The van der Waals surface area contributed by atoms with Gasteiger partial charge in [0.25, 0.3) is 0 Å². The topological polar surface area (TPSA) is 33.3 Å². The Balaban J connectivity index is -0.000000400. The first kappa shape index (κ1) is 30.0. The van der Waals surface area contributed by atoms with Crippen LogP contribution in [0.1, 0.15) is 66.2 Å². The van der Waals surface area contributed by atoms with Crippen LogP contribution in [-0.4, -0.2) is 26.8 Å². The van der Waals surface area contributed by atoms with Crippen LogP contribution in [-0.2, 0) is 4.74 Å². The zero-order valence-electron chi connectivity index (χ0n) is 18.7. The van der Waals surface area contributed by atoms with Crippen LogP contribution in [0.25, 0.3) is 0 Å². The number of hydrogen-bond donors (Lipinski definition) is 2. The molecule has 0 spiro atoms. The van der Waals surface area contributed by atoms with Gasteiger partial charge in [-0.25, -0.2) is 0 Å². The summed E-state index contributed by atoms with van der Waals surface area (Å²) in [4.78, 5) is 0. The van der Waals surface area contributed by atoms with E-state index in [0.29, 0.717) is 13.2 Å². The highest BCUT2D eigenvalue weighted by Crippen LogP contribution is 2.03. The third-order valence-electron chi connectivity index (χ3n) is 3.28. The highest BCUT2D eigenvalue weighted by atomic mass is 16.5. The third-order valence-corrected chi connectivity index (χ3v) is 3.28. The van der Waals surface area contributed by atoms with Crippen LogP contribution in [0.3, 0.4) is 0 Å². The fourth-order valence-electron chi connectivity index (χ4n) is 1.68. The molecule has 0 aliphatic rings. The van der Waals surface area contributed by atoms with E-state index in [4.69, 9.17) is 4.74 Å². The lowest BCUT2D eigenvalue weighted by Crippen LogP contribution is -2.06. The minimum atomic E-state index is 0.643. The molecule has 0 fully saturated rings. The number of hydrogen-bond acceptors (Lipinski definition) is 3. The minimum Gasteiger partial charge on any atom is -0.394 e. The van der Waals surface area contributed by atoms with Gasteiger partial charge in [0.05, 0.1) is 13.2 Å². The van der Waals surface area contributed by atoms with E-state index in [2.05, 4.69) is 24.1 Å². The van der Waals surface area contributed by atoms with Gasteiger partial charge >= 0.3 is 0 Å². The zero-order valence-corrected chi connectivity index (χ0v) is 18.7. The van der Waals surface area contributed by atoms with Crippen LogP contribution in [0, 0.1) is 0 Å². The van der Waals surface area contributed by atoms with E-state index in [-0.39, 0.29) is 0 Å². The maximum Gasteiger partial charge on any atom is 0.0651 e. The van der Waals surface area contributed by atoms with E-state index in [1.54, 1.807) is 6.08 Å². The summed E-state index contributed by atoms with van der Waals surface area (Å²) in [6.07, 6.45) is 25.7. The summed E-state index contributed by atoms with van der Waals surface area (Å²) in [5.41, 5.74) is 0. The summed E-state index contributed by atoms with van der Waals surface area (Å²) in [5, 5.41) is 6.21. The number of unbranched alkanes of at least 4 members (excludes halogenated alkanes) is 5. The molecule has 27 heavy (non-hydrogen) atoms. The molecular weight excluding hydrogens is 332 g/mol. The average Bonchev–Trinajstić information content (AvgIpc) is 2.70. The predicted molar refractivity (Wildman–Crippen MR) is 125 cm³/mol. The van der Waals surface area contributed by atoms with Crippen molar-refractivity contribution in [1.82, 2.24) is 10.6 Å². The first-order valence-electron chi connectivity index (χ1n) is 10.3. The molecule has 0 radical (unpaired) electrons. The van der Waals surface area contributed by atoms with E-state index in [1.165, 1.54) is 38.5 Å². The van der Waals surface area contributed by atoms with Crippen molar-refractivity contribution in [2.75, 3.05) is 26.8 Å². The van der Waals surface area contributed by atoms with Crippen LogP contribution in [0.4, 0.5) is 0 Å². The van der Waals surface area contributed by atoms with Crippen molar-refractivity contribution >= 4 is 0 Å². The Labute approximate surface area is 170 Å². The van der Waals surface area contributed by atoms with E-state index >= 15 is 0 Å². The maximum atomic E-state index is 5.02. The van der Waals surface area contributed by atoms with Gasteiger partial charge in [-0.2, -0.15) is 0 Å². The van der Waals surface area contributed by atoms with Crippen molar-refractivity contribution in [3.05, 3.63) is 61.5 Å². The zero-order chi connectivity index (χ0) is 20.8. The molecule has 0 heterocycles. The Morgan fingerprint density at radius 2 is 1.44 bits per heavy atom. The van der Waals surface area contributed by atoms with E-state index in [0.717, 1.165) is 6.54 Å². The molecule has 0 aromatic heterocycles. The van der Waals surface area contributed by atoms with Gasteiger partial charge in [-0.1, -0.05) is 69.4 Å². The summed E-state index contributed by atoms with van der Waals surface area (Å²) in [5.74, 6) is 0. The Morgan fingerprint density at radius 3 is 2.00 bits per heavy atom. The smallest absolute Gasteiger partial charge is 0.0651 e. The highest BCUT2D eigenvalue weighted by Gasteiger charge is 1.87. The maximum absolute atomic E-state index is 5.02. The second-order valence-corrected chi connectivity index (χ2v) is 5.79. The molecule has 0 rings (SSSR count). The van der Waals surface area contributed by atoms with Gasteiger partial charge in [0.1, 0.15) is 0 Å². The Morgan fingerprint density at radius 1 is 0.815 bits per heavy atom. The second-order valence-electron chi connectivity index (χ2n) is 5.79. The fourth-order valence-corrected chi connectivity index (χ4v) is 1.68. The molecule has 0 saturated carbocycles. The van der Waals surface area contributed by atoms with Gasteiger partial charge in [-0.05, 0) is 51.7 Å². The van der Waals surface area contributed by atoms with Crippen molar-refractivity contribution in [2.24, 2.45) is 0 Å². The van der Waals surface area contributed by atoms with Gasteiger partial charge in [0.2, 0.25) is 0 Å². The quantitative estimate of drug-likeness (QED) is 0.205. The molecule has 0 aliphatic carbocycles. The summed E-state index contributed by atoms with van der Waals surface area (Å²) in [6, 6.07) is 0. The number of nitrogens with one attached hydrogen (secondary N) is 2. The second kappa shape index (κ2) is 35.4. The molecule has 0 saturated heterocycles. The Hall–Kier alpha value is -1.74. The van der Waals surface area contributed by atoms with Crippen LogP contribution in [0.15, 0.2) is 61.5 Å². The van der Waals surface area contributed by atoms with Crippen molar-refractivity contribution in [3.63, 3.8) is 0 Å². The molecule has 0 unspecified atom stereocenters. The SMILES string of the molecule is C=CCOCC=CC.CC=CC.CCCCCCCCN/C=C\C=C/NC. The molecule has 0 aromatic rings. The number of ether oxygens (including phenoxy) is 1. The van der Waals surface area contributed by atoms with Gasteiger partial charge < -0.3 is 15.4 Å². The minimum absolute atomic E-state index is 0.643. The van der Waals surface area contributed by atoms with E-state index < -0.39 is 0 Å². The molecule has 158 valence electrons.